The second kappa shape index (κ2) is 6.59. The average Bonchev–Trinajstić information content (AvgIpc) is 2.50. The van der Waals surface area contributed by atoms with E-state index < -0.39 is 0 Å². The number of rotatable bonds is 1. The third-order valence-electron chi connectivity index (χ3n) is 3.01. The smallest absolute Gasteiger partial charge is 0.123 e. The summed E-state index contributed by atoms with van der Waals surface area (Å²) in [7, 11) is 0. The molecule has 0 atom stereocenters. The maximum Gasteiger partial charge on any atom is 0.123 e. The van der Waals surface area contributed by atoms with Crippen LogP contribution in [-0.2, 0) is 6.54 Å². The van der Waals surface area contributed by atoms with Gasteiger partial charge in [-0.2, -0.15) is 0 Å². The molecule has 0 aromatic heterocycles. The van der Waals surface area contributed by atoms with Crippen molar-refractivity contribution in [1.82, 2.24) is 0 Å². The molecule has 0 fully saturated rings. The molecule has 0 radical (unpaired) electrons. The van der Waals surface area contributed by atoms with E-state index >= 15 is 0 Å². The van der Waals surface area contributed by atoms with Crippen molar-refractivity contribution < 1.29 is 5.11 Å². The molecule has 3 aromatic rings. The van der Waals surface area contributed by atoms with Crippen molar-refractivity contribution in [3.63, 3.8) is 0 Å². The number of phenols is 1. The number of fused-ring (bicyclic) bond motifs is 1. The number of nitrogen functional groups attached to an aromatic ring is 1. The van der Waals surface area contributed by atoms with E-state index in [0.717, 1.165) is 10.8 Å². The van der Waals surface area contributed by atoms with E-state index in [9.17, 15) is 5.11 Å². The summed E-state index contributed by atoms with van der Waals surface area (Å²) in [6, 6.07) is 20.8. The Morgan fingerprint density at radius 3 is 2.00 bits per heavy atom. The number of phenolic OH excluding ortho intramolecular Hbond substituents is 1. The molecule has 0 unspecified atom stereocenters. The van der Waals surface area contributed by atoms with Crippen LogP contribution in [0.25, 0.3) is 10.8 Å². The summed E-state index contributed by atoms with van der Waals surface area (Å²) in [5.41, 5.74) is 12.9. The van der Waals surface area contributed by atoms with Gasteiger partial charge in [-0.1, -0.05) is 54.6 Å². The molecule has 0 aliphatic heterocycles. The largest absolute Gasteiger partial charge is 0.507 e. The van der Waals surface area contributed by atoms with E-state index in [1.54, 1.807) is 12.1 Å². The van der Waals surface area contributed by atoms with Gasteiger partial charge in [0.25, 0.3) is 0 Å². The van der Waals surface area contributed by atoms with E-state index in [-0.39, 0.29) is 5.75 Å². The molecule has 3 nitrogen and oxygen atoms in total. The fraction of sp³-hybridized carbons (Fsp3) is 0.0588. The highest BCUT2D eigenvalue weighted by atomic mass is 16.3. The van der Waals surface area contributed by atoms with Gasteiger partial charge in [-0.15, -0.1) is 0 Å². The van der Waals surface area contributed by atoms with Gasteiger partial charge >= 0.3 is 0 Å². The first-order valence-electron chi connectivity index (χ1n) is 6.42. The molecule has 3 aromatic carbocycles. The lowest BCUT2D eigenvalue weighted by Gasteiger charge is -2.02. The maximum atomic E-state index is 9.44. The van der Waals surface area contributed by atoms with Gasteiger partial charge in [-0.25, -0.2) is 0 Å². The molecule has 3 rings (SSSR count). The lowest BCUT2D eigenvalue weighted by Crippen LogP contribution is -1.94. The summed E-state index contributed by atoms with van der Waals surface area (Å²) in [5, 5.41) is 11.1. The highest BCUT2D eigenvalue weighted by Crippen LogP contribution is 2.27. The number of nitrogens with two attached hydrogens (primary N) is 2. The second-order valence-corrected chi connectivity index (χ2v) is 4.41. The Morgan fingerprint density at radius 2 is 1.40 bits per heavy atom. The summed E-state index contributed by atoms with van der Waals surface area (Å²) in [6.07, 6.45) is 0. The molecule has 102 valence electrons. The highest BCUT2D eigenvalue weighted by molar-refractivity contribution is 5.96. The molecule has 0 amide bonds. The Labute approximate surface area is 118 Å². The van der Waals surface area contributed by atoms with Crippen LogP contribution in [0.1, 0.15) is 5.56 Å². The number of benzene rings is 3. The SMILES string of the molecule is NCc1ccccc1.Nc1cccc2c(O)cccc12. The molecule has 0 spiro atoms. The number of hydrogen-bond donors (Lipinski definition) is 3. The lowest BCUT2D eigenvalue weighted by molar-refractivity contribution is 0.481. The molecule has 0 aliphatic carbocycles. The minimum absolute atomic E-state index is 0.278. The summed E-state index contributed by atoms with van der Waals surface area (Å²) < 4.78 is 0. The fourth-order valence-electron chi connectivity index (χ4n) is 1.93. The average molecular weight is 266 g/mol. The quantitative estimate of drug-likeness (QED) is 0.592. The van der Waals surface area contributed by atoms with Crippen molar-refractivity contribution >= 4 is 16.5 Å². The van der Waals surface area contributed by atoms with Crippen LogP contribution in [0, 0.1) is 0 Å². The van der Waals surface area contributed by atoms with Gasteiger partial charge < -0.3 is 16.6 Å². The lowest BCUT2D eigenvalue weighted by atomic mass is 10.1. The number of aromatic hydroxyl groups is 1. The third kappa shape index (κ3) is 3.28. The molecule has 0 aliphatic rings. The summed E-state index contributed by atoms with van der Waals surface area (Å²) in [5.74, 6) is 0.278. The van der Waals surface area contributed by atoms with Gasteiger partial charge in [0.1, 0.15) is 5.75 Å². The summed E-state index contributed by atoms with van der Waals surface area (Å²) in [4.78, 5) is 0. The molecule has 3 heteroatoms. The van der Waals surface area contributed by atoms with Crippen molar-refractivity contribution in [3.8, 4) is 5.75 Å². The Balaban J connectivity index is 0.000000160. The van der Waals surface area contributed by atoms with E-state index in [2.05, 4.69) is 0 Å². The highest BCUT2D eigenvalue weighted by Gasteiger charge is 1.99. The second-order valence-electron chi connectivity index (χ2n) is 4.41. The summed E-state index contributed by atoms with van der Waals surface area (Å²) >= 11 is 0. The van der Waals surface area contributed by atoms with Crippen molar-refractivity contribution in [3.05, 3.63) is 72.3 Å². The van der Waals surface area contributed by atoms with Crippen LogP contribution in [0.2, 0.25) is 0 Å². The van der Waals surface area contributed by atoms with E-state index in [0.29, 0.717) is 12.2 Å². The Bertz CT molecular complexity index is 640. The zero-order valence-electron chi connectivity index (χ0n) is 11.2. The monoisotopic (exact) mass is 266 g/mol. The first-order valence-corrected chi connectivity index (χ1v) is 6.42. The zero-order valence-corrected chi connectivity index (χ0v) is 11.2. The molecule has 0 saturated carbocycles. The van der Waals surface area contributed by atoms with Crippen LogP contribution in [0.3, 0.4) is 0 Å². The van der Waals surface area contributed by atoms with Crippen LogP contribution in [0.15, 0.2) is 66.7 Å². The third-order valence-corrected chi connectivity index (χ3v) is 3.01. The van der Waals surface area contributed by atoms with Crippen molar-refractivity contribution in [2.24, 2.45) is 5.73 Å². The van der Waals surface area contributed by atoms with Gasteiger partial charge in [0.15, 0.2) is 0 Å². The first-order chi connectivity index (χ1) is 9.72. The van der Waals surface area contributed by atoms with Crippen LogP contribution < -0.4 is 11.5 Å². The zero-order chi connectivity index (χ0) is 14.4. The minimum atomic E-state index is 0.278. The van der Waals surface area contributed by atoms with Crippen LogP contribution in [-0.4, -0.2) is 5.11 Å². The molecular formula is C17H18N2O. The molecule has 0 saturated heterocycles. The van der Waals surface area contributed by atoms with Gasteiger partial charge in [0.2, 0.25) is 0 Å². The maximum absolute atomic E-state index is 9.44. The van der Waals surface area contributed by atoms with Crippen molar-refractivity contribution in [2.45, 2.75) is 6.54 Å². The molecular weight excluding hydrogens is 248 g/mol. The van der Waals surface area contributed by atoms with Crippen LogP contribution >= 0.6 is 0 Å². The Morgan fingerprint density at radius 1 is 0.750 bits per heavy atom. The van der Waals surface area contributed by atoms with E-state index in [4.69, 9.17) is 11.5 Å². The summed E-state index contributed by atoms with van der Waals surface area (Å²) in [6.45, 7) is 0.640. The predicted octanol–water partition coefficient (Wildman–Crippen LogP) is 3.27. The topological polar surface area (TPSA) is 72.3 Å². The van der Waals surface area contributed by atoms with Crippen LogP contribution in [0.5, 0.6) is 5.75 Å². The Kier molecular flexibility index (Phi) is 4.58. The normalized spacial score (nSPS) is 9.85. The number of anilines is 1. The molecule has 20 heavy (non-hydrogen) atoms. The van der Waals surface area contributed by atoms with Crippen molar-refractivity contribution in [1.29, 1.82) is 0 Å². The minimum Gasteiger partial charge on any atom is -0.507 e. The molecule has 5 N–H and O–H groups in total. The Hall–Kier alpha value is -2.52. The van der Waals surface area contributed by atoms with Gasteiger partial charge in [0, 0.05) is 23.0 Å². The first kappa shape index (κ1) is 13.9. The van der Waals surface area contributed by atoms with Gasteiger partial charge in [-0.3, -0.25) is 0 Å². The molecule has 0 bridgehead atoms. The standard InChI is InChI=1S/C10H9NO.C7H9N/c11-9-5-1-4-8-7(9)3-2-6-10(8)12;8-6-7-4-2-1-3-5-7/h1-6,12H,11H2;1-5H,6,8H2. The van der Waals surface area contributed by atoms with Gasteiger partial charge in [0.05, 0.1) is 0 Å². The van der Waals surface area contributed by atoms with E-state index in [1.807, 2.05) is 54.6 Å². The number of hydrogen-bond acceptors (Lipinski definition) is 3. The fourth-order valence-corrected chi connectivity index (χ4v) is 1.93. The van der Waals surface area contributed by atoms with Crippen molar-refractivity contribution in [2.75, 3.05) is 5.73 Å². The molecule has 0 heterocycles. The van der Waals surface area contributed by atoms with Gasteiger partial charge in [-0.05, 0) is 17.7 Å². The van der Waals surface area contributed by atoms with E-state index in [1.165, 1.54) is 5.56 Å². The van der Waals surface area contributed by atoms with Crippen LogP contribution in [0.4, 0.5) is 5.69 Å². The predicted molar refractivity (Wildman–Crippen MR) is 84.4 cm³/mol.